The van der Waals surface area contributed by atoms with Crippen molar-refractivity contribution in [2.24, 2.45) is 5.92 Å². The van der Waals surface area contributed by atoms with E-state index in [9.17, 15) is 4.79 Å². The molecule has 0 bridgehead atoms. The van der Waals surface area contributed by atoms with E-state index in [1.165, 1.54) is 7.11 Å². The minimum atomic E-state index is -0.257. The van der Waals surface area contributed by atoms with Crippen LogP contribution in [0.5, 0.6) is 5.75 Å². The highest BCUT2D eigenvalue weighted by molar-refractivity contribution is 5.75. The van der Waals surface area contributed by atoms with Gasteiger partial charge in [-0.2, -0.15) is 0 Å². The second-order valence-electron chi connectivity index (χ2n) is 4.93. The Kier molecular flexibility index (Phi) is 6.36. The molecule has 1 aromatic carbocycles. The van der Waals surface area contributed by atoms with Gasteiger partial charge in [0.05, 0.1) is 14.2 Å². The molecule has 0 unspecified atom stereocenters. The monoisotopic (exact) mass is 265 g/mol. The standard InChI is InChI=1S/C15H23NO3/c1-11(2)9-14(15(17)19-4)16-10-12-5-7-13(18-3)8-6-12/h5-8,11,14,16H,9-10H2,1-4H3/t14-/m0/s1. The molecule has 1 N–H and O–H groups in total. The summed E-state index contributed by atoms with van der Waals surface area (Å²) in [6, 6.07) is 7.52. The molecule has 0 spiro atoms. The van der Waals surface area contributed by atoms with Crippen LogP contribution in [0.15, 0.2) is 24.3 Å². The van der Waals surface area contributed by atoms with Crippen LogP contribution in [0.25, 0.3) is 0 Å². The Hall–Kier alpha value is -1.55. The molecule has 0 amide bonds. The fourth-order valence-corrected chi connectivity index (χ4v) is 1.86. The number of esters is 1. The fourth-order valence-electron chi connectivity index (χ4n) is 1.86. The first-order valence-electron chi connectivity index (χ1n) is 6.51. The van der Waals surface area contributed by atoms with Gasteiger partial charge < -0.3 is 14.8 Å². The fraction of sp³-hybridized carbons (Fsp3) is 0.533. The Morgan fingerprint density at radius 2 is 1.84 bits per heavy atom. The number of carbonyl (C=O) groups excluding carboxylic acids is 1. The molecular formula is C15H23NO3. The van der Waals surface area contributed by atoms with Crippen molar-refractivity contribution in [2.45, 2.75) is 32.9 Å². The average molecular weight is 265 g/mol. The van der Waals surface area contributed by atoms with Crippen molar-refractivity contribution in [3.8, 4) is 5.75 Å². The van der Waals surface area contributed by atoms with E-state index in [0.29, 0.717) is 12.5 Å². The zero-order valence-electron chi connectivity index (χ0n) is 12.1. The second kappa shape index (κ2) is 7.79. The summed E-state index contributed by atoms with van der Waals surface area (Å²) < 4.78 is 9.93. The third-order valence-electron chi connectivity index (χ3n) is 2.90. The molecule has 0 aliphatic rings. The Bertz CT molecular complexity index is 387. The van der Waals surface area contributed by atoms with Crippen molar-refractivity contribution in [3.63, 3.8) is 0 Å². The number of nitrogens with one attached hydrogen (secondary N) is 1. The zero-order valence-corrected chi connectivity index (χ0v) is 12.1. The van der Waals surface area contributed by atoms with Crippen molar-refractivity contribution in [2.75, 3.05) is 14.2 Å². The molecule has 0 aliphatic heterocycles. The molecule has 19 heavy (non-hydrogen) atoms. The van der Waals surface area contributed by atoms with Gasteiger partial charge in [-0.05, 0) is 30.0 Å². The van der Waals surface area contributed by atoms with E-state index in [4.69, 9.17) is 9.47 Å². The molecule has 4 nitrogen and oxygen atoms in total. The average Bonchev–Trinajstić information content (AvgIpc) is 2.42. The highest BCUT2D eigenvalue weighted by Crippen LogP contribution is 2.12. The first kappa shape index (κ1) is 15.5. The van der Waals surface area contributed by atoms with Gasteiger partial charge in [-0.15, -0.1) is 0 Å². The summed E-state index contributed by atoms with van der Waals surface area (Å²) in [6.07, 6.45) is 0.767. The summed E-state index contributed by atoms with van der Waals surface area (Å²) in [6.45, 7) is 4.81. The van der Waals surface area contributed by atoms with E-state index in [-0.39, 0.29) is 12.0 Å². The summed E-state index contributed by atoms with van der Waals surface area (Å²) in [5, 5.41) is 3.24. The first-order chi connectivity index (χ1) is 9.06. The molecule has 0 saturated carbocycles. The molecule has 106 valence electrons. The predicted octanol–water partition coefficient (Wildman–Crippen LogP) is 2.37. The Morgan fingerprint density at radius 1 is 1.21 bits per heavy atom. The van der Waals surface area contributed by atoms with E-state index < -0.39 is 0 Å². The van der Waals surface area contributed by atoms with Crippen molar-refractivity contribution < 1.29 is 14.3 Å². The Morgan fingerprint density at radius 3 is 2.32 bits per heavy atom. The van der Waals surface area contributed by atoms with Gasteiger partial charge in [0.2, 0.25) is 0 Å². The van der Waals surface area contributed by atoms with Crippen LogP contribution in [0, 0.1) is 5.92 Å². The lowest BCUT2D eigenvalue weighted by Crippen LogP contribution is -2.38. The van der Waals surface area contributed by atoms with Gasteiger partial charge in [0.1, 0.15) is 11.8 Å². The molecule has 1 aromatic rings. The van der Waals surface area contributed by atoms with E-state index in [0.717, 1.165) is 17.7 Å². The Balaban J connectivity index is 2.56. The van der Waals surface area contributed by atoms with Crippen molar-refractivity contribution in [1.82, 2.24) is 5.32 Å². The zero-order chi connectivity index (χ0) is 14.3. The summed E-state index contributed by atoms with van der Waals surface area (Å²) in [4.78, 5) is 11.7. The number of benzene rings is 1. The maximum absolute atomic E-state index is 11.7. The van der Waals surface area contributed by atoms with Gasteiger partial charge in [-0.3, -0.25) is 4.79 Å². The third-order valence-corrected chi connectivity index (χ3v) is 2.90. The van der Waals surface area contributed by atoms with Gasteiger partial charge in [0.25, 0.3) is 0 Å². The minimum absolute atomic E-state index is 0.206. The van der Waals surface area contributed by atoms with Gasteiger partial charge in [0, 0.05) is 6.54 Å². The molecule has 0 saturated heterocycles. The minimum Gasteiger partial charge on any atom is -0.497 e. The van der Waals surface area contributed by atoms with E-state index in [1.54, 1.807) is 7.11 Å². The van der Waals surface area contributed by atoms with Crippen LogP contribution in [-0.2, 0) is 16.1 Å². The predicted molar refractivity (Wildman–Crippen MR) is 75.1 cm³/mol. The first-order valence-corrected chi connectivity index (χ1v) is 6.51. The van der Waals surface area contributed by atoms with E-state index in [1.807, 2.05) is 24.3 Å². The largest absolute Gasteiger partial charge is 0.497 e. The van der Waals surface area contributed by atoms with E-state index in [2.05, 4.69) is 19.2 Å². The molecule has 1 rings (SSSR count). The molecule has 0 fully saturated rings. The SMILES string of the molecule is COC(=O)[C@H](CC(C)C)NCc1ccc(OC)cc1. The number of methoxy groups -OCH3 is 2. The number of rotatable bonds is 7. The van der Waals surface area contributed by atoms with Crippen molar-refractivity contribution in [1.29, 1.82) is 0 Å². The van der Waals surface area contributed by atoms with Gasteiger partial charge >= 0.3 is 5.97 Å². The van der Waals surface area contributed by atoms with E-state index >= 15 is 0 Å². The summed E-state index contributed by atoms with van der Waals surface area (Å²) in [7, 11) is 3.06. The molecule has 0 heterocycles. The maximum Gasteiger partial charge on any atom is 0.322 e. The molecular weight excluding hydrogens is 242 g/mol. The van der Waals surface area contributed by atoms with Crippen LogP contribution >= 0.6 is 0 Å². The van der Waals surface area contributed by atoms with Crippen LogP contribution in [0.4, 0.5) is 0 Å². The van der Waals surface area contributed by atoms with Crippen LogP contribution in [0.2, 0.25) is 0 Å². The highest BCUT2D eigenvalue weighted by atomic mass is 16.5. The van der Waals surface area contributed by atoms with Crippen LogP contribution in [0.1, 0.15) is 25.8 Å². The highest BCUT2D eigenvalue weighted by Gasteiger charge is 2.19. The summed E-state index contributed by atoms with van der Waals surface area (Å²) >= 11 is 0. The third kappa shape index (κ3) is 5.30. The molecule has 0 aliphatic carbocycles. The van der Waals surface area contributed by atoms with Crippen LogP contribution < -0.4 is 10.1 Å². The van der Waals surface area contributed by atoms with Crippen LogP contribution in [-0.4, -0.2) is 26.2 Å². The van der Waals surface area contributed by atoms with Crippen molar-refractivity contribution in [3.05, 3.63) is 29.8 Å². The van der Waals surface area contributed by atoms with Crippen molar-refractivity contribution >= 4 is 5.97 Å². The normalized spacial score (nSPS) is 12.3. The lowest BCUT2D eigenvalue weighted by atomic mass is 10.0. The number of carbonyl (C=O) groups is 1. The van der Waals surface area contributed by atoms with Gasteiger partial charge in [-0.25, -0.2) is 0 Å². The smallest absolute Gasteiger partial charge is 0.322 e. The molecule has 4 heteroatoms. The van der Waals surface area contributed by atoms with Gasteiger partial charge in [-0.1, -0.05) is 26.0 Å². The second-order valence-corrected chi connectivity index (χ2v) is 4.93. The maximum atomic E-state index is 11.7. The number of hydrogen-bond acceptors (Lipinski definition) is 4. The number of ether oxygens (including phenoxy) is 2. The lowest BCUT2D eigenvalue weighted by Gasteiger charge is -2.18. The molecule has 1 atom stereocenters. The van der Waals surface area contributed by atoms with Crippen LogP contribution in [0.3, 0.4) is 0 Å². The lowest BCUT2D eigenvalue weighted by molar-refractivity contribution is -0.143. The summed E-state index contributed by atoms with van der Waals surface area (Å²) in [5.74, 6) is 1.06. The molecule has 0 radical (unpaired) electrons. The topological polar surface area (TPSA) is 47.6 Å². The summed E-state index contributed by atoms with van der Waals surface area (Å²) in [5.41, 5.74) is 1.11. The number of hydrogen-bond donors (Lipinski definition) is 1. The van der Waals surface area contributed by atoms with Gasteiger partial charge in [0.15, 0.2) is 0 Å². The molecule has 0 aromatic heterocycles. The quantitative estimate of drug-likeness (QED) is 0.769. The Labute approximate surface area is 115 Å².